The van der Waals surface area contributed by atoms with E-state index < -0.39 is 73.3 Å². The molecule has 49 heavy (non-hydrogen) atoms. The van der Waals surface area contributed by atoms with E-state index in [1.165, 1.54) is 0 Å². The summed E-state index contributed by atoms with van der Waals surface area (Å²) in [5.74, 6) is -4.26. The Kier molecular flexibility index (Phi) is 12.2. The van der Waals surface area contributed by atoms with Crippen LogP contribution in [0.25, 0.3) is 0 Å². The minimum atomic E-state index is -3.05. The number of carbonyl (C=O) groups is 5. The van der Waals surface area contributed by atoms with Crippen molar-refractivity contribution in [1.82, 2.24) is 0 Å². The van der Waals surface area contributed by atoms with Gasteiger partial charge in [0.2, 0.25) is 0 Å². The van der Waals surface area contributed by atoms with Gasteiger partial charge < -0.3 is 45.2 Å². The van der Waals surface area contributed by atoms with E-state index in [1.807, 2.05) is 6.92 Å². The SMILES string of the molecule is C[C@H](CCC(=O)O[C@@H](C=O)[C@@H](OC(=O)CC(O)(CC(=O)O)C(=O)O)[C@H](O)CO)[C@H]1CCC2C3CC[C@@H]4C[C@H](O)CC[C@]4(C)C3C[C@H](O)[C@@]21C. The van der Waals surface area contributed by atoms with Gasteiger partial charge in [-0.1, -0.05) is 20.8 Å². The Morgan fingerprint density at radius 1 is 0.939 bits per heavy atom. The van der Waals surface area contributed by atoms with Gasteiger partial charge in [-0.05, 0) is 104 Å². The number of hydrogen-bond donors (Lipinski definition) is 7. The van der Waals surface area contributed by atoms with E-state index in [4.69, 9.17) is 14.6 Å². The first-order valence-corrected chi connectivity index (χ1v) is 17.6. The van der Waals surface area contributed by atoms with Gasteiger partial charge in [0, 0.05) is 6.42 Å². The van der Waals surface area contributed by atoms with E-state index in [-0.39, 0.29) is 41.5 Å². The Morgan fingerprint density at radius 3 is 2.24 bits per heavy atom. The first-order chi connectivity index (χ1) is 22.9. The zero-order chi connectivity index (χ0) is 36.5. The van der Waals surface area contributed by atoms with Gasteiger partial charge in [0.05, 0.1) is 31.7 Å². The molecule has 4 rings (SSSR count). The number of ether oxygens (including phenoxy) is 2. The molecule has 278 valence electrons. The molecule has 0 aromatic heterocycles. The summed E-state index contributed by atoms with van der Waals surface area (Å²) in [4.78, 5) is 59.8. The largest absolute Gasteiger partial charge is 0.481 e. The number of fused-ring (bicyclic) bond motifs is 5. The van der Waals surface area contributed by atoms with Crippen molar-refractivity contribution >= 4 is 30.2 Å². The predicted molar refractivity (Wildman–Crippen MR) is 169 cm³/mol. The molecule has 0 radical (unpaired) electrons. The molecule has 0 aliphatic heterocycles. The third-order valence-corrected chi connectivity index (χ3v) is 13.1. The lowest BCUT2D eigenvalue weighted by Crippen LogP contribution is -2.58. The predicted octanol–water partition coefficient (Wildman–Crippen LogP) is 1.45. The highest BCUT2D eigenvalue weighted by Gasteiger charge is 2.63. The normalized spacial score (nSPS) is 37.5. The summed E-state index contributed by atoms with van der Waals surface area (Å²) in [5.41, 5.74) is -3.28. The number of aliphatic carboxylic acids is 2. The molecule has 0 aromatic rings. The highest BCUT2D eigenvalue weighted by atomic mass is 16.6. The minimum Gasteiger partial charge on any atom is -0.481 e. The molecule has 14 heteroatoms. The number of carboxylic acid groups (broad SMARTS) is 2. The molecular formula is C35H54O14. The Balaban J connectivity index is 1.37. The summed E-state index contributed by atoms with van der Waals surface area (Å²) >= 11 is 0. The molecule has 0 amide bonds. The van der Waals surface area contributed by atoms with Crippen molar-refractivity contribution in [2.75, 3.05) is 6.61 Å². The van der Waals surface area contributed by atoms with Crippen LogP contribution in [0.3, 0.4) is 0 Å². The van der Waals surface area contributed by atoms with Crippen molar-refractivity contribution in [3.63, 3.8) is 0 Å². The molecule has 0 heterocycles. The highest BCUT2D eigenvalue weighted by Crippen LogP contribution is 2.68. The zero-order valence-corrected chi connectivity index (χ0v) is 28.6. The van der Waals surface area contributed by atoms with Crippen molar-refractivity contribution in [1.29, 1.82) is 0 Å². The Labute approximate surface area is 286 Å². The van der Waals surface area contributed by atoms with E-state index in [1.54, 1.807) is 0 Å². The zero-order valence-electron chi connectivity index (χ0n) is 28.6. The van der Waals surface area contributed by atoms with Gasteiger partial charge in [-0.2, -0.15) is 0 Å². The van der Waals surface area contributed by atoms with Gasteiger partial charge in [-0.15, -0.1) is 0 Å². The van der Waals surface area contributed by atoms with E-state index in [9.17, 15) is 54.6 Å². The van der Waals surface area contributed by atoms with Crippen LogP contribution in [0, 0.1) is 46.3 Å². The molecule has 4 unspecified atom stereocenters. The van der Waals surface area contributed by atoms with Gasteiger partial charge in [-0.25, -0.2) is 4.79 Å². The average molecular weight is 699 g/mol. The van der Waals surface area contributed by atoms with Crippen LogP contribution < -0.4 is 0 Å². The lowest BCUT2D eigenvalue weighted by Gasteiger charge is -2.62. The maximum Gasteiger partial charge on any atom is 0.336 e. The van der Waals surface area contributed by atoms with Crippen molar-refractivity contribution in [2.24, 2.45) is 46.3 Å². The van der Waals surface area contributed by atoms with E-state index >= 15 is 0 Å². The fourth-order valence-corrected chi connectivity index (χ4v) is 10.5. The van der Waals surface area contributed by atoms with Crippen LogP contribution in [0.15, 0.2) is 0 Å². The monoisotopic (exact) mass is 698 g/mol. The lowest BCUT2D eigenvalue weighted by molar-refractivity contribution is -0.186. The molecule has 4 aliphatic rings. The molecule has 7 N–H and O–H groups in total. The summed E-state index contributed by atoms with van der Waals surface area (Å²) in [5, 5.41) is 70.1. The molecule has 14 atom stereocenters. The number of rotatable bonds is 15. The summed E-state index contributed by atoms with van der Waals surface area (Å²) in [7, 11) is 0. The van der Waals surface area contributed by atoms with E-state index in [0.717, 1.165) is 51.4 Å². The minimum absolute atomic E-state index is 0.000211. The second-order valence-corrected chi connectivity index (χ2v) is 15.8. The first kappa shape index (κ1) is 39.1. The van der Waals surface area contributed by atoms with Crippen molar-refractivity contribution in [3.05, 3.63) is 0 Å². The Morgan fingerprint density at radius 2 is 1.63 bits per heavy atom. The standard InChI is InChI=1S/C35H54O14/c1-18(22-7-8-23-21-6-5-19-12-20(38)10-11-33(19,2)24(21)13-27(40)34(22,23)3)4-9-29(43)48-26(17-37)31(25(39)16-36)49-30(44)15-35(47,32(45)46)14-28(41)42/h17-27,31,36,38-40,47H,4-16H2,1-3H3,(H,41,42)(H,45,46)/t18-,19-,20-,21?,22-,23?,24?,25-,26+,27+,31+,33+,34-,35?/m1/s1. The average Bonchev–Trinajstić information content (AvgIpc) is 3.40. The van der Waals surface area contributed by atoms with Crippen LogP contribution >= 0.6 is 0 Å². The van der Waals surface area contributed by atoms with Crippen LogP contribution in [-0.4, -0.2) is 109 Å². The van der Waals surface area contributed by atoms with Crippen molar-refractivity contribution in [3.8, 4) is 0 Å². The maximum atomic E-state index is 13.0. The number of aliphatic hydroxyl groups excluding tert-OH is 4. The van der Waals surface area contributed by atoms with Crippen LogP contribution in [-0.2, 0) is 33.4 Å². The maximum absolute atomic E-state index is 13.0. The van der Waals surface area contributed by atoms with Crippen molar-refractivity contribution in [2.45, 2.75) is 134 Å². The van der Waals surface area contributed by atoms with Gasteiger partial charge >= 0.3 is 23.9 Å². The summed E-state index contributed by atoms with van der Waals surface area (Å²) in [6.07, 6.45) is -1.55. The summed E-state index contributed by atoms with van der Waals surface area (Å²) in [6.45, 7) is 5.54. The number of carboxylic acids is 2. The van der Waals surface area contributed by atoms with Gasteiger partial charge in [0.15, 0.2) is 24.1 Å². The molecule has 4 fully saturated rings. The fraction of sp³-hybridized carbons (Fsp3) is 0.857. The van der Waals surface area contributed by atoms with Crippen LogP contribution in [0.1, 0.15) is 97.8 Å². The molecule has 14 nitrogen and oxygen atoms in total. The molecule has 0 spiro atoms. The molecular weight excluding hydrogens is 644 g/mol. The first-order valence-electron chi connectivity index (χ1n) is 17.6. The number of aldehydes is 1. The second-order valence-electron chi connectivity index (χ2n) is 15.8. The van der Waals surface area contributed by atoms with Crippen LogP contribution in [0.2, 0.25) is 0 Å². The summed E-state index contributed by atoms with van der Waals surface area (Å²) < 4.78 is 10.2. The molecule has 0 saturated heterocycles. The number of carbonyl (C=O) groups excluding carboxylic acids is 3. The Hall–Kier alpha value is -2.65. The summed E-state index contributed by atoms with van der Waals surface area (Å²) in [6, 6.07) is 0. The van der Waals surface area contributed by atoms with Gasteiger partial charge in [0.25, 0.3) is 0 Å². The molecule has 4 saturated carbocycles. The third-order valence-electron chi connectivity index (χ3n) is 13.1. The smallest absolute Gasteiger partial charge is 0.336 e. The van der Waals surface area contributed by atoms with E-state index in [0.29, 0.717) is 30.1 Å². The Bertz CT molecular complexity index is 1240. The number of aliphatic hydroxyl groups is 5. The lowest BCUT2D eigenvalue weighted by atomic mass is 9.43. The fourth-order valence-electron chi connectivity index (χ4n) is 10.5. The highest BCUT2D eigenvalue weighted by molar-refractivity contribution is 5.88. The second kappa shape index (κ2) is 15.3. The number of esters is 2. The molecule has 0 bridgehead atoms. The quantitative estimate of drug-likeness (QED) is 0.0946. The third kappa shape index (κ3) is 7.83. The van der Waals surface area contributed by atoms with Crippen LogP contribution in [0.4, 0.5) is 0 Å². The van der Waals surface area contributed by atoms with Gasteiger partial charge in [-0.3, -0.25) is 19.2 Å². The number of hydrogen-bond acceptors (Lipinski definition) is 12. The van der Waals surface area contributed by atoms with Gasteiger partial charge in [0.1, 0.15) is 6.10 Å². The van der Waals surface area contributed by atoms with Crippen LogP contribution in [0.5, 0.6) is 0 Å². The molecule has 4 aliphatic carbocycles. The topological polar surface area (TPSA) is 245 Å². The molecule has 0 aromatic carbocycles. The van der Waals surface area contributed by atoms with Crippen molar-refractivity contribution < 1.29 is 69.2 Å². The van der Waals surface area contributed by atoms with E-state index in [2.05, 4.69) is 13.8 Å².